The van der Waals surface area contributed by atoms with Gasteiger partial charge in [0.25, 0.3) is 58.4 Å². The number of nitrogens with one attached hydrogen (secondary N) is 1. The van der Waals surface area contributed by atoms with E-state index in [2.05, 4.69) is 108 Å². The molecular weight excluding hydrogens is 1500 g/mol. The van der Waals surface area contributed by atoms with Gasteiger partial charge in [0.2, 0.25) is 0 Å². The van der Waals surface area contributed by atoms with Crippen LogP contribution in [0.2, 0.25) is 0 Å². The number of anilines is 2. The number of halogens is 1. The topological polar surface area (TPSA) is 231 Å². The first-order valence-corrected chi connectivity index (χ1v) is 41.7. The maximum absolute atomic E-state index is 14.9. The minimum absolute atomic E-state index is 0. The third-order valence-corrected chi connectivity index (χ3v) is 25.6. The predicted molar refractivity (Wildman–Crippen MR) is 470 cm³/mol. The summed E-state index contributed by atoms with van der Waals surface area (Å²) in [5.74, 6) is -1.65. The molecule has 6 aliphatic heterocycles. The molecule has 8 heterocycles. The molecule has 9 amide bonds. The number of hydrogen-bond donors (Lipinski definition) is 1. The predicted octanol–water partition coefficient (Wildman–Crippen LogP) is 18.4. The van der Waals surface area contributed by atoms with Crippen molar-refractivity contribution in [3.8, 4) is 0 Å². The number of fused-ring (bicyclic) bond motifs is 4. The Kier molecular flexibility index (Phi) is 21.6. The number of carbonyl (C=O) groups is 10. The highest BCUT2D eigenvalue weighted by Crippen LogP contribution is 2.54. The van der Waals surface area contributed by atoms with Gasteiger partial charge in [0.05, 0.1) is 11.1 Å². The van der Waals surface area contributed by atoms with Crippen LogP contribution in [0.1, 0.15) is 222 Å². The number of aromatic nitrogens is 2. The maximum Gasteiger partial charge on any atom is 0.261 e. The number of amides is 9. The van der Waals surface area contributed by atoms with Crippen molar-refractivity contribution in [3.05, 3.63) is 190 Å². The minimum atomic E-state index is -0.447. The smallest absolute Gasteiger partial charge is 0.261 e. The molecule has 12 aromatic rings. The standard InChI is InChI=1S/C48H49N5O5.C42H46N4O4.C6H4ClNO.CH4/c1-24(2)42(25(3)4)52-45(55)32-12-9-29-30-10-13-34-39-35(48(58)53(47(34)57)43(26(5)6)27(7)8)23-36(40(41(30)39)31-11-14-33(46(52)56)38(32)37(29)31)50-19-21-51(22-20-50)44(54)28-15-17-49-18-16-28;1-20(2)37(21(3)4)45-39(47)27-12-9-24-25-10-13-29-34-30(42(50)46(41(29)49)38(22(5)6)23(7)8)19-31(44-17-15-43-16-18-44)35(36(25)34)26-11-14-28(40(45)48)33(27)32(24)26;7-6(9)5-1-3-8-4-2-5;/h9-18,23-27,42-43H,19-22H2,1-8H3;9-14,19-23,37-38,43H,15-18H2,1-8H3;1-4H;1H4. The van der Waals surface area contributed by atoms with E-state index < -0.39 is 5.24 Å². The zero-order valence-corrected chi connectivity index (χ0v) is 70.0. The first-order chi connectivity index (χ1) is 55.9. The zero-order chi connectivity index (χ0) is 83.2. The average Bonchev–Trinajstić information content (AvgIpc) is 0.685. The lowest BCUT2D eigenvalue weighted by Crippen LogP contribution is -2.51. The van der Waals surface area contributed by atoms with Crippen LogP contribution in [0.4, 0.5) is 11.4 Å². The summed E-state index contributed by atoms with van der Waals surface area (Å²) in [6, 6.07) is 32.7. The fourth-order valence-electron chi connectivity index (χ4n) is 21.0. The van der Waals surface area contributed by atoms with E-state index in [1.807, 2.05) is 118 Å². The van der Waals surface area contributed by atoms with E-state index in [9.17, 15) is 47.9 Å². The molecule has 0 atom stereocenters. The number of nitrogens with zero attached hydrogens (tertiary/aromatic N) is 9. The van der Waals surface area contributed by atoms with Crippen LogP contribution in [0.15, 0.2) is 134 Å². The van der Waals surface area contributed by atoms with Gasteiger partial charge in [-0.3, -0.25) is 77.5 Å². The highest BCUT2D eigenvalue weighted by atomic mass is 35.5. The Morgan fingerprint density at radius 2 is 0.559 bits per heavy atom. The fourth-order valence-corrected chi connectivity index (χ4v) is 21.2. The summed E-state index contributed by atoms with van der Waals surface area (Å²) in [5, 5.41) is 16.2. The molecule has 1 N–H and O–H groups in total. The van der Waals surface area contributed by atoms with Crippen LogP contribution in [-0.4, -0.2) is 169 Å². The van der Waals surface area contributed by atoms with Crippen molar-refractivity contribution in [1.82, 2.24) is 39.8 Å². The van der Waals surface area contributed by atoms with Crippen molar-refractivity contribution in [2.75, 3.05) is 62.2 Å². The first kappa shape index (κ1) is 81.8. The first-order valence-electron chi connectivity index (χ1n) is 41.4. The molecule has 0 saturated carbocycles. The lowest BCUT2D eigenvalue weighted by atomic mass is 9.80. The maximum atomic E-state index is 14.9. The van der Waals surface area contributed by atoms with E-state index in [1.165, 1.54) is 32.0 Å². The summed E-state index contributed by atoms with van der Waals surface area (Å²) in [5.41, 5.74) is 6.98. The van der Waals surface area contributed by atoms with E-state index in [1.54, 1.807) is 36.7 Å². The van der Waals surface area contributed by atoms with Gasteiger partial charge >= 0.3 is 0 Å². The summed E-state index contributed by atoms with van der Waals surface area (Å²) < 4.78 is 0. The van der Waals surface area contributed by atoms with E-state index in [4.69, 9.17) is 11.6 Å². The number of hydrogen-bond acceptors (Lipinski definition) is 15. The van der Waals surface area contributed by atoms with Gasteiger partial charge in [0, 0.05) is 200 Å². The second-order valence-electron chi connectivity index (χ2n) is 35.2. The lowest BCUT2D eigenvalue weighted by molar-refractivity contribution is 0.0423. The molecular formula is C97H103ClN10O10. The summed E-state index contributed by atoms with van der Waals surface area (Å²) in [6.45, 7) is 38.0. The molecule has 0 unspecified atom stereocenters. The number of benzene rings is 10. The second kappa shape index (κ2) is 31.2. The van der Waals surface area contributed by atoms with Gasteiger partial charge in [-0.05, 0) is 175 Å². The minimum Gasteiger partial charge on any atom is -0.368 e. The second-order valence-corrected chi connectivity index (χ2v) is 35.5. The largest absolute Gasteiger partial charge is 0.368 e. The number of carbonyl (C=O) groups excluding carboxylic acids is 10. The van der Waals surface area contributed by atoms with Gasteiger partial charge in [-0.25, -0.2) is 0 Å². The molecule has 0 bridgehead atoms. The molecule has 20 nitrogen and oxygen atoms in total. The Hall–Kier alpha value is -11.4. The summed E-state index contributed by atoms with van der Waals surface area (Å²) in [6.07, 6.45) is 6.29. The van der Waals surface area contributed by atoms with Crippen LogP contribution < -0.4 is 15.1 Å². The van der Waals surface area contributed by atoms with Crippen molar-refractivity contribution in [2.24, 2.45) is 47.3 Å². The van der Waals surface area contributed by atoms with Crippen molar-refractivity contribution < 1.29 is 47.9 Å². The molecule has 2 aromatic heterocycles. The third-order valence-electron chi connectivity index (χ3n) is 25.4. The number of pyridine rings is 2. The molecule has 10 aromatic carbocycles. The van der Waals surface area contributed by atoms with Gasteiger partial charge < -0.3 is 20.0 Å². The van der Waals surface area contributed by atoms with Gasteiger partial charge in [0.15, 0.2) is 0 Å². The van der Waals surface area contributed by atoms with Crippen LogP contribution in [-0.2, 0) is 0 Å². The van der Waals surface area contributed by atoms with E-state index in [0.29, 0.717) is 103 Å². The van der Waals surface area contributed by atoms with Gasteiger partial charge in [-0.15, -0.1) is 0 Å². The highest BCUT2D eigenvalue weighted by molar-refractivity contribution is 6.67. The molecule has 18 rings (SSSR count). The normalized spacial score (nSPS) is 16.0. The van der Waals surface area contributed by atoms with Gasteiger partial charge in [-0.1, -0.05) is 155 Å². The van der Waals surface area contributed by atoms with E-state index >= 15 is 0 Å². The quantitative estimate of drug-likeness (QED) is 0.0410. The number of rotatable bonds is 16. The SMILES string of the molecule is C.CC(C)C(C(C)C)N1C(=O)c2ccc3c4ccc5c6c(cc(N7CCN(C(=O)c8ccncc8)CC7)c(c7ccc(c2c37)C1=O)c64)C(=O)N(C(C(C)C)C(C)C)C5=O.CC(C)C(C(C)C)N1C(=O)c2ccc3c4ccc5c6c(cc(N7CCNCC7)c(c7ccc(c2c37)C1=O)c64)C(=O)N(C(C(C)C)C(C)C)C5=O.O=C(Cl)c1ccncc1. The molecule has 6 aliphatic rings. The Labute approximate surface area is 692 Å². The van der Waals surface area contributed by atoms with Crippen molar-refractivity contribution >= 4 is 168 Å². The van der Waals surface area contributed by atoms with Crippen LogP contribution in [0.3, 0.4) is 0 Å². The van der Waals surface area contributed by atoms with Crippen LogP contribution in [0, 0.1) is 47.3 Å². The molecule has 2 saturated heterocycles. The van der Waals surface area contributed by atoms with E-state index in [0.717, 1.165) is 102 Å². The van der Waals surface area contributed by atoms with Gasteiger partial charge in [-0.2, -0.15) is 0 Å². The van der Waals surface area contributed by atoms with E-state index in [-0.39, 0.29) is 132 Å². The average molecular weight is 1600 g/mol. The molecule has 608 valence electrons. The van der Waals surface area contributed by atoms with Crippen LogP contribution in [0.5, 0.6) is 0 Å². The van der Waals surface area contributed by atoms with Crippen molar-refractivity contribution in [2.45, 2.75) is 142 Å². The van der Waals surface area contributed by atoms with Crippen LogP contribution >= 0.6 is 11.6 Å². The number of piperazine rings is 2. The van der Waals surface area contributed by atoms with Gasteiger partial charge in [0.1, 0.15) is 0 Å². The van der Waals surface area contributed by atoms with Crippen molar-refractivity contribution in [3.63, 3.8) is 0 Å². The molecule has 0 aliphatic carbocycles. The summed E-state index contributed by atoms with van der Waals surface area (Å²) in [7, 11) is 0. The lowest BCUT2D eigenvalue weighted by Gasteiger charge is -2.40. The molecule has 21 heteroatoms. The summed E-state index contributed by atoms with van der Waals surface area (Å²) >= 11 is 5.14. The third kappa shape index (κ3) is 12.8. The Balaban J connectivity index is 0.000000167. The van der Waals surface area contributed by atoms with Crippen molar-refractivity contribution in [1.29, 1.82) is 0 Å². The fraction of sp³-hybridized carbons (Fsp3) is 0.381. The summed E-state index contributed by atoms with van der Waals surface area (Å²) in [4.78, 5) is 160. The highest BCUT2D eigenvalue weighted by Gasteiger charge is 2.47. The Morgan fingerprint density at radius 3 is 0.839 bits per heavy atom. The molecule has 0 radical (unpaired) electrons. The monoisotopic (exact) mass is 1600 g/mol. The number of imide groups is 4. The Morgan fingerprint density at radius 1 is 0.305 bits per heavy atom. The Bertz CT molecular complexity index is 6100. The zero-order valence-electron chi connectivity index (χ0n) is 69.3. The molecule has 2 fully saturated rings. The molecule has 0 spiro atoms. The van der Waals surface area contributed by atoms with Crippen LogP contribution in [0.25, 0.3) is 86.2 Å². The molecule has 118 heavy (non-hydrogen) atoms.